The Morgan fingerprint density at radius 3 is 2.75 bits per heavy atom. The molecule has 1 saturated heterocycles. The van der Waals surface area contributed by atoms with Crippen LogP contribution in [0.5, 0.6) is 0 Å². The van der Waals surface area contributed by atoms with Crippen molar-refractivity contribution in [2.24, 2.45) is 5.92 Å². The number of amides is 1. The zero-order valence-corrected chi connectivity index (χ0v) is 18.3. The number of aromatic nitrogens is 1. The van der Waals surface area contributed by atoms with Gasteiger partial charge in [0.05, 0.1) is 24.1 Å². The van der Waals surface area contributed by atoms with Crippen molar-refractivity contribution in [1.82, 2.24) is 9.88 Å². The summed E-state index contributed by atoms with van der Waals surface area (Å²) in [6.45, 7) is 2.32. The van der Waals surface area contributed by atoms with E-state index in [1.54, 1.807) is 12.1 Å². The monoisotopic (exact) mass is 432 g/mol. The average Bonchev–Trinajstić information content (AvgIpc) is 3.20. The summed E-state index contributed by atoms with van der Waals surface area (Å²) >= 11 is 0. The number of pyridine rings is 1. The summed E-state index contributed by atoms with van der Waals surface area (Å²) in [7, 11) is 0. The minimum absolute atomic E-state index is 0.0623. The summed E-state index contributed by atoms with van der Waals surface area (Å²) in [5.41, 5.74) is 1.95. The predicted molar refractivity (Wildman–Crippen MR) is 123 cm³/mol. The molecule has 2 fully saturated rings. The zero-order valence-electron chi connectivity index (χ0n) is 18.3. The molecule has 1 unspecified atom stereocenters. The standard InChI is InChI=1S/C27H29FN2O2/c28-24-9-3-2-8-23(24)27(11-5-6-12-27)26(31)30-13-14-32-19-21(18-30)15-20-16-22-7-1-4-10-25(22)29-17-20/h1-4,7-10,16-17,21H,5-6,11-15,18-19H2. The van der Waals surface area contributed by atoms with Crippen LogP contribution in [0.1, 0.15) is 36.8 Å². The second-order valence-corrected chi connectivity index (χ2v) is 9.20. The van der Waals surface area contributed by atoms with E-state index in [1.165, 1.54) is 6.07 Å². The molecule has 1 atom stereocenters. The molecule has 0 N–H and O–H groups in total. The SMILES string of the molecule is O=C(N1CCOCC(Cc2cnc3ccccc3c2)C1)C1(c2ccccc2F)CCCC1. The Kier molecular flexibility index (Phi) is 5.92. The fourth-order valence-corrected chi connectivity index (χ4v) is 5.48. The van der Waals surface area contributed by atoms with Crippen molar-refractivity contribution >= 4 is 16.8 Å². The molecule has 2 aromatic carbocycles. The number of halogens is 1. The van der Waals surface area contributed by atoms with Crippen LogP contribution in [-0.4, -0.2) is 42.1 Å². The summed E-state index contributed by atoms with van der Waals surface area (Å²) < 4.78 is 20.7. The first-order valence-corrected chi connectivity index (χ1v) is 11.6. The van der Waals surface area contributed by atoms with Gasteiger partial charge in [-0.25, -0.2) is 4.39 Å². The fourth-order valence-electron chi connectivity index (χ4n) is 5.48. The number of carbonyl (C=O) groups is 1. The van der Waals surface area contributed by atoms with Crippen LogP contribution in [0.3, 0.4) is 0 Å². The lowest BCUT2D eigenvalue weighted by atomic mass is 9.77. The van der Waals surface area contributed by atoms with Gasteiger partial charge < -0.3 is 9.64 Å². The van der Waals surface area contributed by atoms with Gasteiger partial charge in [-0.1, -0.05) is 49.2 Å². The molecule has 1 amide bonds. The van der Waals surface area contributed by atoms with Crippen molar-refractivity contribution in [2.75, 3.05) is 26.3 Å². The molecular weight excluding hydrogens is 403 g/mol. The maximum absolute atomic E-state index is 14.8. The van der Waals surface area contributed by atoms with Gasteiger partial charge in [0.1, 0.15) is 5.82 Å². The van der Waals surface area contributed by atoms with Crippen molar-refractivity contribution < 1.29 is 13.9 Å². The number of rotatable bonds is 4. The Labute approximate surface area is 188 Å². The van der Waals surface area contributed by atoms with Gasteiger partial charge in [-0.3, -0.25) is 9.78 Å². The van der Waals surface area contributed by atoms with Crippen LogP contribution in [0.2, 0.25) is 0 Å². The predicted octanol–water partition coefficient (Wildman–Crippen LogP) is 4.90. The first-order chi connectivity index (χ1) is 15.7. The first kappa shape index (κ1) is 21.1. The third kappa shape index (κ3) is 4.02. The van der Waals surface area contributed by atoms with Crippen molar-refractivity contribution in [3.8, 4) is 0 Å². The summed E-state index contributed by atoms with van der Waals surface area (Å²) in [6.07, 6.45) is 6.06. The number of para-hydroxylation sites is 1. The van der Waals surface area contributed by atoms with E-state index in [-0.39, 0.29) is 17.6 Å². The Bertz CT molecular complexity index is 1110. The molecule has 1 aliphatic carbocycles. The number of fused-ring (bicyclic) bond motifs is 1. The summed E-state index contributed by atoms with van der Waals surface area (Å²) in [5.74, 6) is -0.0247. The molecule has 5 rings (SSSR count). The Morgan fingerprint density at radius 2 is 1.91 bits per heavy atom. The van der Waals surface area contributed by atoms with E-state index in [4.69, 9.17) is 4.74 Å². The number of hydrogen-bond acceptors (Lipinski definition) is 3. The molecule has 4 nitrogen and oxygen atoms in total. The molecule has 1 saturated carbocycles. The minimum Gasteiger partial charge on any atom is -0.379 e. The Hall–Kier alpha value is -2.79. The molecular formula is C27H29FN2O2. The largest absolute Gasteiger partial charge is 0.379 e. The molecule has 2 aliphatic rings. The topological polar surface area (TPSA) is 42.4 Å². The van der Waals surface area contributed by atoms with Crippen molar-refractivity contribution in [3.05, 3.63) is 77.7 Å². The summed E-state index contributed by atoms with van der Waals surface area (Å²) in [5, 5.41) is 1.12. The van der Waals surface area contributed by atoms with Gasteiger partial charge >= 0.3 is 0 Å². The molecule has 5 heteroatoms. The first-order valence-electron chi connectivity index (χ1n) is 11.6. The van der Waals surface area contributed by atoms with Crippen LogP contribution in [0.15, 0.2) is 60.8 Å². The molecule has 1 aliphatic heterocycles. The highest BCUT2D eigenvalue weighted by atomic mass is 19.1. The number of carbonyl (C=O) groups excluding carboxylic acids is 1. The highest BCUT2D eigenvalue weighted by Crippen LogP contribution is 2.44. The van der Waals surface area contributed by atoms with Gasteiger partial charge in [0.2, 0.25) is 5.91 Å². The molecule has 1 aromatic heterocycles. The molecule has 2 heterocycles. The smallest absolute Gasteiger partial charge is 0.233 e. The van der Waals surface area contributed by atoms with Crippen molar-refractivity contribution in [3.63, 3.8) is 0 Å². The van der Waals surface area contributed by atoms with E-state index in [9.17, 15) is 9.18 Å². The molecule has 166 valence electrons. The minimum atomic E-state index is -0.745. The summed E-state index contributed by atoms with van der Waals surface area (Å²) in [6, 6.07) is 17.1. The summed E-state index contributed by atoms with van der Waals surface area (Å²) in [4.78, 5) is 20.4. The van der Waals surface area contributed by atoms with Gasteiger partial charge in [0, 0.05) is 36.2 Å². The molecule has 32 heavy (non-hydrogen) atoms. The molecule has 0 bridgehead atoms. The second kappa shape index (κ2) is 8.99. The van der Waals surface area contributed by atoms with Gasteiger partial charge in [0.25, 0.3) is 0 Å². The quantitative estimate of drug-likeness (QED) is 0.589. The highest BCUT2D eigenvalue weighted by Gasteiger charge is 2.46. The van der Waals surface area contributed by atoms with Crippen LogP contribution in [0.4, 0.5) is 4.39 Å². The zero-order chi connectivity index (χ0) is 22.0. The normalized spacial score (nSPS) is 20.9. The van der Waals surface area contributed by atoms with Gasteiger partial charge in [-0.05, 0) is 43.0 Å². The average molecular weight is 433 g/mol. The molecule has 3 aromatic rings. The number of hydrogen-bond donors (Lipinski definition) is 0. The van der Waals surface area contributed by atoms with E-state index < -0.39 is 5.41 Å². The number of ether oxygens (including phenoxy) is 1. The van der Waals surface area contributed by atoms with E-state index in [1.807, 2.05) is 35.4 Å². The third-order valence-corrected chi connectivity index (χ3v) is 7.05. The highest BCUT2D eigenvalue weighted by molar-refractivity contribution is 5.89. The Balaban J connectivity index is 1.38. The van der Waals surface area contributed by atoms with Crippen LogP contribution < -0.4 is 0 Å². The van der Waals surface area contributed by atoms with E-state index in [0.29, 0.717) is 44.7 Å². The second-order valence-electron chi connectivity index (χ2n) is 9.20. The van der Waals surface area contributed by atoms with Crippen LogP contribution in [0, 0.1) is 11.7 Å². The lowest BCUT2D eigenvalue weighted by molar-refractivity contribution is -0.138. The molecule has 0 radical (unpaired) electrons. The lowest BCUT2D eigenvalue weighted by Gasteiger charge is -2.35. The van der Waals surface area contributed by atoms with Gasteiger partial charge in [-0.15, -0.1) is 0 Å². The van der Waals surface area contributed by atoms with E-state index >= 15 is 0 Å². The van der Waals surface area contributed by atoms with Crippen LogP contribution in [-0.2, 0) is 21.4 Å². The maximum Gasteiger partial charge on any atom is 0.233 e. The number of benzene rings is 2. The van der Waals surface area contributed by atoms with Crippen molar-refractivity contribution in [2.45, 2.75) is 37.5 Å². The fraction of sp³-hybridized carbons (Fsp3) is 0.407. The van der Waals surface area contributed by atoms with Gasteiger partial charge in [-0.2, -0.15) is 0 Å². The maximum atomic E-state index is 14.8. The van der Waals surface area contributed by atoms with E-state index in [0.717, 1.165) is 35.7 Å². The lowest BCUT2D eigenvalue weighted by Crippen LogP contribution is -2.48. The third-order valence-electron chi connectivity index (χ3n) is 7.05. The van der Waals surface area contributed by atoms with Gasteiger partial charge in [0.15, 0.2) is 0 Å². The van der Waals surface area contributed by atoms with Crippen molar-refractivity contribution in [1.29, 1.82) is 0 Å². The van der Waals surface area contributed by atoms with Crippen LogP contribution >= 0.6 is 0 Å². The van der Waals surface area contributed by atoms with Crippen LogP contribution in [0.25, 0.3) is 10.9 Å². The number of nitrogens with zero attached hydrogens (tertiary/aromatic N) is 2. The molecule has 0 spiro atoms. The van der Waals surface area contributed by atoms with E-state index in [2.05, 4.69) is 17.1 Å². The Morgan fingerprint density at radius 1 is 1.12 bits per heavy atom.